The largest absolute Gasteiger partial charge is 0.351 e. The molecule has 5 rings (SSSR count). The van der Waals surface area contributed by atoms with Crippen molar-refractivity contribution in [2.75, 3.05) is 0 Å². The highest BCUT2D eigenvalue weighted by atomic mass is 32.1. The Morgan fingerprint density at radius 2 is 1.86 bits per heavy atom. The maximum absolute atomic E-state index is 13.6. The van der Waals surface area contributed by atoms with Gasteiger partial charge in [0.05, 0.1) is 16.8 Å². The minimum Gasteiger partial charge on any atom is -0.351 e. The number of hydrogen-bond acceptors (Lipinski definition) is 3. The van der Waals surface area contributed by atoms with Crippen LogP contribution >= 0.6 is 11.3 Å². The first-order chi connectivity index (χ1) is 13.6. The van der Waals surface area contributed by atoms with Gasteiger partial charge in [-0.05, 0) is 50.1 Å². The van der Waals surface area contributed by atoms with Crippen LogP contribution in [0.2, 0.25) is 0 Å². The molecule has 1 aliphatic heterocycles. The van der Waals surface area contributed by atoms with Crippen LogP contribution in [0.4, 0.5) is 0 Å². The second kappa shape index (κ2) is 6.90. The second-order valence-corrected chi connectivity index (χ2v) is 9.93. The summed E-state index contributed by atoms with van der Waals surface area (Å²) >= 11 is 1.66. The van der Waals surface area contributed by atoms with E-state index in [2.05, 4.69) is 21.3 Å². The number of thiophene rings is 1. The van der Waals surface area contributed by atoms with Crippen LogP contribution in [0.1, 0.15) is 75.2 Å². The summed E-state index contributed by atoms with van der Waals surface area (Å²) in [6.07, 6.45) is 10.1. The standard InChI is InChI=1S/C22H29N3O2S/c1-22(21(27)23-15-7-3-2-4-8-15)14-24-17-11-12-28-19(17)13-18(24)20(26)25(22)16-9-5-6-10-16/h11-13,15-16H,2-10,14H2,1H3,(H,23,27). The van der Waals surface area contributed by atoms with E-state index in [1.54, 1.807) is 11.3 Å². The molecular weight excluding hydrogens is 370 g/mol. The Bertz CT molecular complexity index is 904. The lowest BCUT2D eigenvalue weighted by molar-refractivity contribution is -0.135. The highest BCUT2D eigenvalue weighted by Gasteiger charge is 2.51. The molecule has 0 saturated heterocycles. The molecule has 3 aliphatic rings. The molecule has 3 heterocycles. The summed E-state index contributed by atoms with van der Waals surface area (Å²) in [5.74, 6) is 0.0604. The van der Waals surface area contributed by atoms with E-state index in [-0.39, 0.29) is 23.9 Å². The number of rotatable bonds is 3. The topological polar surface area (TPSA) is 54.3 Å². The molecular formula is C22H29N3O2S. The van der Waals surface area contributed by atoms with Gasteiger partial charge >= 0.3 is 0 Å². The van der Waals surface area contributed by atoms with Crippen LogP contribution in [0.25, 0.3) is 10.2 Å². The Kier molecular flexibility index (Phi) is 4.49. The summed E-state index contributed by atoms with van der Waals surface area (Å²) in [5, 5.41) is 5.39. The molecule has 0 spiro atoms. The quantitative estimate of drug-likeness (QED) is 0.836. The van der Waals surface area contributed by atoms with E-state index in [0.29, 0.717) is 6.54 Å². The Labute approximate surface area is 170 Å². The normalized spacial score (nSPS) is 26.8. The third kappa shape index (κ3) is 2.79. The summed E-state index contributed by atoms with van der Waals surface area (Å²) in [4.78, 5) is 29.2. The van der Waals surface area contributed by atoms with E-state index in [1.165, 1.54) is 19.3 Å². The van der Waals surface area contributed by atoms with E-state index in [9.17, 15) is 9.59 Å². The molecule has 0 bridgehead atoms. The van der Waals surface area contributed by atoms with Gasteiger partial charge in [0.25, 0.3) is 5.91 Å². The van der Waals surface area contributed by atoms with E-state index >= 15 is 0 Å². The SMILES string of the molecule is CC1(C(=O)NC2CCCCC2)Cn2c(cc3sccc32)C(=O)N1C1CCCC1. The number of nitrogens with zero attached hydrogens (tertiary/aromatic N) is 2. The number of nitrogens with one attached hydrogen (secondary N) is 1. The number of carbonyl (C=O) groups is 2. The molecule has 2 fully saturated rings. The second-order valence-electron chi connectivity index (χ2n) is 8.98. The first-order valence-electron chi connectivity index (χ1n) is 10.8. The van der Waals surface area contributed by atoms with E-state index in [1.807, 2.05) is 17.9 Å². The van der Waals surface area contributed by atoms with Gasteiger partial charge in [-0.25, -0.2) is 0 Å². The minimum absolute atomic E-state index is 0.0300. The van der Waals surface area contributed by atoms with E-state index in [4.69, 9.17) is 0 Å². The molecule has 6 heteroatoms. The third-order valence-corrected chi connectivity index (χ3v) is 7.93. The summed E-state index contributed by atoms with van der Waals surface area (Å²) in [6, 6.07) is 4.52. The van der Waals surface area contributed by atoms with Crippen molar-refractivity contribution in [2.45, 2.75) is 88.9 Å². The molecule has 5 nitrogen and oxygen atoms in total. The zero-order chi connectivity index (χ0) is 19.3. The fraction of sp³-hybridized carbons (Fsp3) is 0.636. The van der Waals surface area contributed by atoms with Crippen LogP contribution in [-0.2, 0) is 11.3 Å². The van der Waals surface area contributed by atoms with Gasteiger partial charge in [0, 0.05) is 12.1 Å². The first-order valence-corrected chi connectivity index (χ1v) is 11.7. The van der Waals surface area contributed by atoms with Crippen LogP contribution in [0, 0.1) is 0 Å². The maximum Gasteiger partial charge on any atom is 0.271 e. The van der Waals surface area contributed by atoms with Crippen molar-refractivity contribution >= 4 is 33.4 Å². The van der Waals surface area contributed by atoms with Crippen LogP contribution in [-0.4, -0.2) is 38.9 Å². The highest BCUT2D eigenvalue weighted by molar-refractivity contribution is 7.17. The molecule has 2 amide bonds. The highest BCUT2D eigenvalue weighted by Crippen LogP contribution is 2.39. The molecule has 28 heavy (non-hydrogen) atoms. The lowest BCUT2D eigenvalue weighted by Gasteiger charge is -2.47. The Morgan fingerprint density at radius 1 is 1.14 bits per heavy atom. The van der Waals surface area contributed by atoms with Gasteiger partial charge in [0.2, 0.25) is 5.91 Å². The van der Waals surface area contributed by atoms with Gasteiger partial charge in [0.1, 0.15) is 11.2 Å². The van der Waals surface area contributed by atoms with E-state index < -0.39 is 5.54 Å². The van der Waals surface area contributed by atoms with Gasteiger partial charge < -0.3 is 14.8 Å². The molecule has 0 radical (unpaired) electrons. The average molecular weight is 400 g/mol. The van der Waals surface area contributed by atoms with Crippen LogP contribution in [0.15, 0.2) is 17.5 Å². The summed E-state index contributed by atoms with van der Waals surface area (Å²) in [7, 11) is 0. The van der Waals surface area contributed by atoms with Crippen molar-refractivity contribution in [2.24, 2.45) is 0 Å². The molecule has 0 aromatic carbocycles. The van der Waals surface area contributed by atoms with Crippen molar-refractivity contribution in [1.29, 1.82) is 0 Å². The van der Waals surface area contributed by atoms with Crippen LogP contribution < -0.4 is 5.32 Å². The van der Waals surface area contributed by atoms with Crippen molar-refractivity contribution < 1.29 is 9.59 Å². The van der Waals surface area contributed by atoms with Gasteiger partial charge in [-0.2, -0.15) is 0 Å². The number of amides is 2. The minimum atomic E-state index is -0.829. The summed E-state index contributed by atoms with van der Waals surface area (Å²) < 4.78 is 3.21. The zero-order valence-electron chi connectivity index (χ0n) is 16.6. The van der Waals surface area contributed by atoms with Crippen molar-refractivity contribution in [3.8, 4) is 0 Å². The molecule has 1 N–H and O–H groups in total. The predicted octanol–water partition coefficient (Wildman–Crippen LogP) is 4.31. The number of carbonyl (C=O) groups excluding carboxylic acids is 2. The van der Waals surface area contributed by atoms with Gasteiger partial charge in [0.15, 0.2) is 0 Å². The van der Waals surface area contributed by atoms with Gasteiger partial charge in [-0.15, -0.1) is 11.3 Å². The summed E-state index contributed by atoms with van der Waals surface area (Å²) in [6.45, 7) is 2.53. The number of hydrogen-bond donors (Lipinski definition) is 1. The Morgan fingerprint density at radius 3 is 2.61 bits per heavy atom. The third-order valence-electron chi connectivity index (χ3n) is 7.08. The average Bonchev–Trinajstić information content (AvgIpc) is 3.41. The molecule has 1 unspecified atom stereocenters. The van der Waals surface area contributed by atoms with Crippen molar-refractivity contribution in [3.63, 3.8) is 0 Å². The molecule has 150 valence electrons. The van der Waals surface area contributed by atoms with Gasteiger partial charge in [-0.3, -0.25) is 9.59 Å². The van der Waals surface area contributed by atoms with Crippen molar-refractivity contribution in [1.82, 2.24) is 14.8 Å². The molecule has 2 aromatic rings. The fourth-order valence-electron chi connectivity index (χ4n) is 5.56. The van der Waals surface area contributed by atoms with Gasteiger partial charge in [-0.1, -0.05) is 32.1 Å². The number of fused-ring (bicyclic) bond motifs is 3. The molecule has 2 aliphatic carbocycles. The zero-order valence-corrected chi connectivity index (χ0v) is 17.4. The predicted molar refractivity (Wildman–Crippen MR) is 112 cm³/mol. The smallest absolute Gasteiger partial charge is 0.271 e. The Balaban J connectivity index is 1.53. The first kappa shape index (κ1) is 18.2. The van der Waals surface area contributed by atoms with Crippen LogP contribution in [0.5, 0.6) is 0 Å². The molecule has 2 aromatic heterocycles. The molecule has 1 atom stereocenters. The fourth-order valence-corrected chi connectivity index (χ4v) is 6.38. The monoisotopic (exact) mass is 399 g/mol. The number of aromatic nitrogens is 1. The molecule has 2 saturated carbocycles. The Hall–Kier alpha value is -1.82. The van der Waals surface area contributed by atoms with Crippen LogP contribution in [0.3, 0.4) is 0 Å². The summed E-state index contributed by atoms with van der Waals surface area (Å²) in [5.41, 5.74) is 0.998. The lowest BCUT2D eigenvalue weighted by atomic mass is 9.90. The van der Waals surface area contributed by atoms with E-state index in [0.717, 1.165) is 54.4 Å². The maximum atomic E-state index is 13.6. The lowest BCUT2D eigenvalue weighted by Crippen LogP contribution is -2.67. The van der Waals surface area contributed by atoms with Crippen molar-refractivity contribution in [3.05, 3.63) is 23.2 Å².